The van der Waals surface area contributed by atoms with E-state index in [4.69, 9.17) is 5.73 Å². The van der Waals surface area contributed by atoms with Crippen LogP contribution in [0.4, 0.5) is 0 Å². The molecule has 1 aliphatic heterocycles. The molecule has 1 aromatic carbocycles. The van der Waals surface area contributed by atoms with E-state index in [1.807, 2.05) is 0 Å². The zero-order valence-corrected chi connectivity index (χ0v) is 12.7. The molecule has 2 N–H and O–H groups in total. The molecule has 2 nitrogen and oxygen atoms in total. The number of aryl methyl sites for hydroxylation is 1. The third-order valence-electron chi connectivity index (χ3n) is 5.34. The van der Waals surface area contributed by atoms with Crippen molar-refractivity contribution in [2.24, 2.45) is 11.7 Å². The van der Waals surface area contributed by atoms with Crippen molar-refractivity contribution in [3.8, 4) is 0 Å². The molecule has 110 valence electrons. The van der Waals surface area contributed by atoms with Gasteiger partial charge in [-0.3, -0.25) is 4.90 Å². The Labute approximate surface area is 123 Å². The second-order valence-corrected chi connectivity index (χ2v) is 6.66. The summed E-state index contributed by atoms with van der Waals surface area (Å²) in [6.07, 6.45) is 8.48. The number of likely N-dealkylation sites (tertiary alicyclic amines) is 1. The van der Waals surface area contributed by atoms with Gasteiger partial charge < -0.3 is 5.73 Å². The second kappa shape index (κ2) is 6.28. The Morgan fingerprint density at radius 3 is 2.70 bits per heavy atom. The van der Waals surface area contributed by atoms with Gasteiger partial charge in [0.2, 0.25) is 0 Å². The molecule has 1 aromatic rings. The average Bonchev–Trinajstić information content (AvgIpc) is 3.10. The molecule has 0 spiro atoms. The predicted octanol–water partition coefficient (Wildman–Crippen LogP) is 3.65. The first-order chi connectivity index (χ1) is 9.79. The minimum absolute atomic E-state index is 0.419. The Balaban J connectivity index is 1.80. The van der Waals surface area contributed by atoms with E-state index >= 15 is 0 Å². The number of nitrogens with zero attached hydrogens (tertiary/aromatic N) is 1. The molecule has 0 amide bonds. The van der Waals surface area contributed by atoms with Gasteiger partial charge in [0, 0.05) is 18.6 Å². The Morgan fingerprint density at radius 2 is 2.00 bits per heavy atom. The van der Waals surface area contributed by atoms with Crippen molar-refractivity contribution in [1.29, 1.82) is 0 Å². The first kappa shape index (κ1) is 14.1. The second-order valence-electron chi connectivity index (χ2n) is 6.66. The Morgan fingerprint density at radius 1 is 1.20 bits per heavy atom. The third-order valence-corrected chi connectivity index (χ3v) is 5.34. The van der Waals surface area contributed by atoms with E-state index in [2.05, 4.69) is 36.1 Å². The summed E-state index contributed by atoms with van der Waals surface area (Å²) in [6.45, 7) is 4.15. The van der Waals surface area contributed by atoms with Gasteiger partial charge >= 0.3 is 0 Å². The molecule has 1 heterocycles. The van der Waals surface area contributed by atoms with Crippen LogP contribution in [0.3, 0.4) is 0 Å². The van der Waals surface area contributed by atoms with Gasteiger partial charge in [0.1, 0.15) is 0 Å². The molecule has 2 fully saturated rings. The smallest absolute Gasteiger partial charge is 0.0473 e. The van der Waals surface area contributed by atoms with Crippen LogP contribution in [0.15, 0.2) is 24.3 Å². The van der Waals surface area contributed by atoms with E-state index in [0.29, 0.717) is 6.04 Å². The van der Waals surface area contributed by atoms with E-state index in [-0.39, 0.29) is 0 Å². The van der Waals surface area contributed by atoms with Gasteiger partial charge in [0.05, 0.1) is 0 Å². The van der Waals surface area contributed by atoms with Crippen LogP contribution in [0.5, 0.6) is 0 Å². The fourth-order valence-electron chi connectivity index (χ4n) is 4.39. The summed E-state index contributed by atoms with van der Waals surface area (Å²) in [5.41, 5.74) is 8.91. The highest BCUT2D eigenvalue weighted by molar-refractivity contribution is 5.26. The molecule has 1 saturated heterocycles. The molecule has 2 aliphatic rings. The van der Waals surface area contributed by atoms with Gasteiger partial charge in [-0.2, -0.15) is 0 Å². The van der Waals surface area contributed by atoms with E-state index in [1.165, 1.54) is 56.2 Å². The van der Waals surface area contributed by atoms with Crippen LogP contribution < -0.4 is 5.73 Å². The molecule has 20 heavy (non-hydrogen) atoms. The maximum Gasteiger partial charge on any atom is 0.0473 e. The molecule has 1 aliphatic carbocycles. The summed E-state index contributed by atoms with van der Waals surface area (Å²) < 4.78 is 0. The van der Waals surface area contributed by atoms with Crippen molar-refractivity contribution < 1.29 is 0 Å². The van der Waals surface area contributed by atoms with Crippen LogP contribution in [0, 0.1) is 12.8 Å². The van der Waals surface area contributed by atoms with E-state index in [0.717, 1.165) is 18.5 Å². The summed E-state index contributed by atoms with van der Waals surface area (Å²) in [7, 11) is 0. The van der Waals surface area contributed by atoms with Crippen LogP contribution in [0.25, 0.3) is 0 Å². The molecule has 0 bridgehead atoms. The Bertz CT molecular complexity index is 437. The molecular formula is C18H28N2. The lowest BCUT2D eigenvalue weighted by Crippen LogP contribution is -2.40. The van der Waals surface area contributed by atoms with Crippen LogP contribution in [0.1, 0.15) is 55.7 Å². The largest absolute Gasteiger partial charge is 0.329 e. The van der Waals surface area contributed by atoms with Crippen molar-refractivity contribution in [3.05, 3.63) is 35.4 Å². The van der Waals surface area contributed by atoms with Gasteiger partial charge in [-0.05, 0) is 50.6 Å². The normalized spacial score (nSPS) is 26.2. The lowest BCUT2D eigenvalue weighted by Gasteiger charge is -2.36. The number of nitrogens with two attached hydrogens (primary N) is 1. The fraction of sp³-hybridized carbons (Fsp3) is 0.667. The van der Waals surface area contributed by atoms with Crippen LogP contribution in [0.2, 0.25) is 0 Å². The topological polar surface area (TPSA) is 29.3 Å². The zero-order valence-electron chi connectivity index (χ0n) is 12.7. The molecule has 0 radical (unpaired) electrons. The highest BCUT2D eigenvalue weighted by Crippen LogP contribution is 2.39. The van der Waals surface area contributed by atoms with Crippen LogP contribution >= 0.6 is 0 Å². The molecular weight excluding hydrogens is 244 g/mol. The lowest BCUT2D eigenvalue weighted by atomic mass is 9.93. The van der Waals surface area contributed by atoms with Crippen molar-refractivity contribution >= 4 is 0 Å². The number of benzene rings is 1. The Kier molecular flexibility index (Phi) is 4.42. The first-order valence-corrected chi connectivity index (χ1v) is 8.32. The highest BCUT2D eigenvalue weighted by atomic mass is 15.2. The first-order valence-electron chi connectivity index (χ1n) is 8.32. The molecule has 2 unspecified atom stereocenters. The van der Waals surface area contributed by atoms with Crippen LogP contribution in [-0.2, 0) is 0 Å². The van der Waals surface area contributed by atoms with E-state index in [1.54, 1.807) is 0 Å². The fourth-order valence-corrected chi connectivity index (χ4v) is 4.39. The van der Waals surface area contributed by atoms with Crippen molar-refractivity contribution in [2.45, 2.75) is 57.5 Å². The number of hydrogen-bond acceptors (Lipinski definition) is 2. The SMILES string of the molecule is Cc1cccc(C(CN)N2CCCC2C2CCCC2)c1. The summed E-state index contributed by atoms with van der Waals surface area (Å²) in [6, 6.07) is 10.1. The zero-order chi connectivity index (χ0) is 13.9. The predicted molar refractivity (Wildman–Crippen MR) is 84.7 cm³/mol. The molecule has 0 aromatic heterocycles. The molecule has 2 atom stereocenters. The van der Waals surface area contributed by atoms with Gasteiger partial charge in [0.25, 0.3) is 0 Å². The quantitative estimate of drug-likeness (QED) is 0.906. The molecule has 3 rings (SSSR count). The van der Waals surface area contributed by atoms with Gasteiger partial charge in [-0.25, -0.2) is 0 Å². The van der Waals surface area contributed by atoms with E-state index in [9.17, 15) is 0 Å². The molecule has 1 saturated carbocycles. The van der Waals surface area contributed by atoms with Gasteiger partial charge in [0.15, 0.2) is 0 Å². The standard InChI is InChI=1S/C18H28N2/c1-14-6-4-9-16(12-14)18(13-19)20-11-5-10-17(20)15-7-2-3-8-15/h4,6,9,12,15,17-18H,2-3,5,7-8,10-11,13,19H2,1H3. The van der Waals surface area contributed by atoms with Crippen molar-refractivity contribution in [1.82, 2.24) is 4.90 Å². The van der Waals surface area contributed by atoms with Crippen LogP contribution in [-0.4, -0.2) is 24.0 Å². The summed E-state index contributed by atoms with van der Waals surface area (Å²) in [4.78, 5) is 2.73. The summed E-state index contributed by atoms with van der Waals surface area (Å²) >= 11 is 0. The highest BCUT2D eigenvalue weighted by Gasteiger charge is 2.36. The summed E-state index contributed by atoms with van der Waals surface area (Å²) in [5.74, 6) is 0.927. The number of hydrogen-bond donors (Lipinski definition) is 1. The summed E-state index contributed by atoms with van der Waals surface area (Å²) in [5, 5.41) is 0. The van der Waals surface area contributed by atoms with Crippen molar-refractivity contribution in [3.63, 3.8) is 0 Å². The van der Waals surface area contributed by atoms with E-state index < -0.39 is 0 Å². The number of rotatable bonds is 4. The molecule has 2 heteroatoms. The minimum atomic E-state index is 0.419. The van der Waals surface area contributed by atoms with Gasteiger partial charge in [-0.15, -0.1) is 0 Å². The maximum atomic E-state index is 6.15. The maximum absolute atomic E-state index is 6.15. The van der Waals surface area contributed by atoms with Gasteiger partial charge in [-0.1, -0.05) is 42.7 Å². The average molecular weight is 272 g/mol. The lowest BCUT2D eigenvalue weighted by molar-refractivity contribution is 0.138. The Hall–Kier alpha value is -0.860. The minimum Gasteiger partial charge on any atom is -0.329 e. The van der Waals surface area contributed by atoms with Crippen molar-refractivity contribution in [2.75, 3.05) is 13.1 Å². The monoisotopic (exact) mass is 272 g/mol. The third kappa shape index (κ3) is 2.77.